The molecule has 3 rings (SSSR count). The predicted molar refractivity (Wildman–Crippen MR) is 115 cm³/mol. The lowest BCUT2D eigenvalue weighted by Gasteiger charge is -2.25. The van der Waals surface area contributed by atoms with Crippen molar-refractivity contribution in [3.05, 3.63) is 65.4 Å². The summed E-state index contributed by atoms with van der Waals surface area (Å²) >= 11 is 0. The third-order valence-corrected chi connectivity index (χ3v) is 5.01. The second-order valence-corrected chi connectivity index (χ2v) is 7.15. The predicted octanol–water partition coefficient (Wildman–Crippen LogP) is 3.59. The first kappa shape index (κ1) is 20.6. The molecule has 3 aromatic rings. The molecule has 1 aromatic heterocycles. The smallest absolute Gasteiger partial charge is 0.253 e. The highest BCUT2D eigenvalue weighted by Crippen LogP contribution is 2.24. The summed E-state index contributed by atoms with van der Waals surface area (Å²) in [6.45, 7) is 2.32. The molecule has 0 aliphatic heterocycles. The fourth-order valence-corrected chi connectivity index (χ4v) is 3.34. The van der Waals surface area contributed by atoms with Gasteiger partial charge in [-0.25, -0.2) is 0 Å². The number of rotatable bonds is 7. The van der Waals surface area contributed by atoms with Crippen LogP contribution in [0.25, 0.3) is 10.9 Å². The van der Waals surface area contributed by atoms with E-state index in [1.165, 1.54) is 0 Å². The van der Waals surface area contributed by atoms with Crippen molar-refractivity contribution in [1.82, 2.24) is 15.2 Å². The van der Waals surface area contributed by atoms with Crippen molar-refractivity contribution in [3.8, 4) is 11.5 Å². The normalized spacial score (nSPS) is 12.1. The van der Waals surface area contributed by atoms with Crippen molar-refractivity contribution in [2.24, 2.45) is 0 Å². The Labute approximate surface area is 171 Å². The summed E-state index contributed by atoms with van der Waals surface area (Å²) < 4.78 is 10.6. The van der Waals surface area contributed by atoms with Crippen LogP contribution in [0.5, 0.6) is 11.5 Å². The molecular formula is C23H27N3O3. The Bertz CT molecular complexity index is 1020. The number of carbonyl (C=O) groups is 1. The Morgan fingerprint density at radius 3 is 2.48 bits per heavy atom. The van der Waals surface area contributed by atoms with Gasteiger partial charge in [0, 0.05) is 11.9 Å². The summed E-state index contributed by atoms with van der Waals surface area (Å²) in [5.41, 5.74) is 3.17. The molecule has 29 heavy (non-hydrogen) atoms. The zero-order valence-electron chi connectivity index (χ0n) is 17.5. The van der Waals surface area contributed by atoms with Crippen molar-refractivity contribution in [2.45, 2.75) is 13.0 Å². The van der Waals surface area contributed by atoms with Crippen LogP contribution in [-0.4, -0.2) is 50.7 Å². The SMILES string of the molecule is COc1cccc([C@@H](CNC(=O)c2cc3cc(OC)ccc3nc2C)N(C)C)c1. The molecule has 0 aliphatic rings. The van der Waals surface area contributed by atoms with Crippen LogP contribution in [0.4, 0.5) is 0 Å². The second-order valence-electron chi connectivity index (χ2n) is 7.15. The van der Waals surface area contributed by atoms with Crippen LogP contribution >= 0.6 is 0 Å². The van der Waals surface area contributed by atoms with E-state index in [4.69, 9.17) is 9.47 Å². The van der Waals surface area contributed by atoms with Crippen molar-refractivity contribution >= 4 is 16.8 Å². The molecule has 0 saturated heterocycles. The van der Waals surface area contributed by atoms with E-state index >= 15 is 0 Å². The minimum absolute atomic E-state index is 0.0165. The molecule has 0 spiro atoms. The first-order chi connectivity index (χ1) is 13.9. The maximum atomic E-state index is 12.9. The van der Waals surface area contributed by atoms with E-state index in [0.29, 0.717) is 17.8 Å². The first-order valence-electron chi connectivity index (χ1n) is 9.47. The van der Waals surface area contributed by atoms with Crippen LogP contribution in [0.1, 0.15) is 27.7 Å². The van der Waals surface area contributed by atoms with E-state index in [1.807, 2.05) is 69.6 Å². The number of aryl methyl sites for hydroxylation is 1. The number of ether oxygens (including phenoxy) is 2. The number of hydrogen-bond donors (Lipinski definition) is 1. The molecule has 0 fully saturated rings. The van der Waals surface area contributed by atoms with E-state index in [1.54, 1.807) is 14.2 Å². The Balaban J connectivity index is 1.81. The third-order valence-electron chi connectivity index (χ3n) is 5.01. The highest BCUT2D eigenvalue weighted by molar-refractivity contribution is 5.98. The van der Waals surface area contributed by atoms with Crippen LogP contribution < -0.4 is 14.8 Å². The summed E-state index contributed by atoms with van der Waals surface area (Å²) in [6.07, 6.45) is 0. The number of pyridine rings is 1. The zero-order valence-corrected chi connectivity index (χ0v) is 17.5. The molecule has 0 saturated carbocycles. The van der Waals surface area contributed by atoms with Crippen molar-refractivity contribution in [1.29, 1.82) is 0 Å². The van der Waals surface area contributed by atoms with Crippen LogP contribution in [0.15, 0.2) is 48.5 Å². The molecule has 0 unspecified atom stereocenters. The maximum Gasteiger partial charge on any atom is 0.253 e. The average molecular weight is 393 g/mol. The topological polar surface area (TPSA) is 63.7 Å². The van der Waals surface area contributed by atoms with Gasteiger partial charge in [0.2, 0.25) is 0 Å². The lowest BCUT2D eigenvalue weighted by molar-refractivity contribution is 0.0941. The van der Waals surface area contributed by atoms with Crippen LogP contribution in [0, 0.1) is 6.92 Å². The van der Waals surface area contributed by atoms with Crippen LogP contribution in [0.2, 0.25) is 0 Å². The molecule has 0 aliphatic carbocycles. The van der Waals surface area contributed by atoms with Gasteiger partial charge in [-0.3, -0.25) is 9.78 Å². The molecule has 0 radical (unpaired) electrons. The molecule has 1 N–H and O–H groups in total. The molecular weight excluding hydrogens is 366 g/mol. The van der Waals surface area contributed by atoms with Gasteiger partial charge in [-0.1, -0.05) is 12.1 Å². The number of benzene rings is 2. The lowest BCUT2D eigenvalue weighted by atomic mass is 10.0. The zero-order chi connectivity index (χ0) is 21.0. The highest BCUT2D eigenvalue weighted by Gasteiger charge is 2.18. The van der Waals surface area contributed by atoms with Gasteiger partial charge in [-0.2, -0.15) is 0 Å². The Morgan fingerprint density at radius 1 is 1.07 bits per heavy atom. The van der Waals surface area contributed by atoms with Gasteiger partial charge in [0.1, 0.15) is 11.5 Å². The van der Waals surface area contributed by atoms with Gasteiger partial charge >= 0.3 is 0 Å². The fourth-order valence-electron chi connectivity index (χ4n) is 3.34. The Hall–Kier alpha value is -3.12. The molecule has 1 heterocycles. The van der Waals surface area contributed by atoms with Gasteiger partial charge in [0.25, 0.3) is 5.91 Å². The van der Waals surface area contributed by atoms with E-state index in [-0.39, 0.29) is 11.9 Å². The molecule has 6 nitrogen and oxygen atoms in total. The van der Waals surface area contributed by atoms with Crippen LogP contribution in [0.3, 0.4) is 0 Å². The number of nitrogens with zero attached hydrogens (tertiary/aromatic N) is 2. The number of methoxy groups -OCH3 is 2. The summed E-state index contributed by atoms with van der Waals surface area (Å²) in [5.74, 6) is 1.39. The Kier molecular flexibility index (Phi) is 6.34. The van der Waals surface area contributed by atoms with Crippen molar-refractivity contribution in [3.63, 3.8) is 0 Å². The van der Waals surface area contributed by atoms with Crippen molar-refractivity contribution < 1.29 is 14.3 Å². The lowest BCUT2D eigenvalue weighted by Crippen LogP contribution is -2.35. The first-order valence-corrected chi connectivity index (χ1v) is 9.47. The van der Waals surface area contributed by atoms with Gasteiger partial charge in [-0.15, -0.1) is 0 Å². The molecule has 1 amide bonds. The van der Waals surface area contributed by atoms with Gasteiger partial charge in [0.15, 0.2) is 0 Å². The number of aromatic nitrogens is 1. The van der Waals surface area contributed by atoms with Crippen molar-refractivity contribution in [2.75, 3.05) is 34.9 Å². The summed E-state index contributed by atoms with van der Waals surface area (Å²) in [6, 6.07) is 15.4. The number of amides is 1. The molecule has 2 aromatic carbocycles. The monoisotopic (exact) mass is 393 g/mol. The summed E-state index contributed by atoms with van der Waals surface area (Å²) in [4.78, 5) is 19.6. The number of fused-ring (bicyclic) bond motifs is 1. The standard InChI is InChI=1S/C23H27N3O3/c1-15-20(13-17-12-19(29-5)9-10-21(17)25-15)23(27)24-14-22(26(2)3)16-7-6-8-18(11-16)28-4/h6-13,22H,14H2,1-5H3,(H,24,27)/t22-/m1/s1. The molecule has 1 atom stereocenters. The number of nitrogens with one attached hydrogen (secondary N) is 1. The average Bonchev–Trinajstić information content (AvgIpc) is 2.72. The highest BCUT2D eigenvalue weighted by atomic mass is 16.5. The summed E-state index contributed by atoms with van der Waals surface area (Å²) in [7, 11) is 7.25. The largest absolute Gasteiger partial charge is 0.497 e. The Morgan fingerprint density at radius 2 is 1.79 bits per heavy atom. The number of carbonyl (C=O) groups excluding carboxylic acids is 1. The minimum Gasteiger partial charge on any atom is -0.497 e. The van der Waals surface area contributed by atoms with Gasteiger partial charge in [-0.05, 0) is 63.0 Å². The fraction of sp³-hybridized carbons (Fsp3) is 0.304. The number of likely N-dealkylation sites (N-methyl/N-ethyl adjacent to an activating group) is 1. The molecule has 6 heteroatoms. The molecule has 152 valence electrons. The van der Waals surface area contributed by atoms with E-state index in [0.717, 1.165) is 28.0 Å². The van der Waals surface area contributed by atoms with Crippen LogP contribution in [-0.2, 0) is 0 Å². The van der Waals surface area contributed by atoms with E-state index in [2.05, 4.69) is 15.2 Å². The summed E-state index contributed by atoms with van der Waals surface area (Å²) in [5, 5.41) is 3.93. The van der Waals surface area contributed by atoms with E-state index in [9.17, 15) is 4.79 Å². The third kappa shape index (κ3) is 4.66. The maximum absolute atomic E-state index is 12.9. The van der Waals surface area contributed by atoms with E-state index < -0.39 is 0 Å². The number of hydrogen-bond acceptors (Lipinski definition) is 5. The minimum atomic E-state index is -0.144. The molecule has 0 bridgehead atoms. The second kappa shape index (κ2) is 8.92. The quantitative estimate of drug-likeness (QED) is 0.665. The van der Waals surface area contributed by atoms with Gasteiger partial charge in [0.05, 0.1) is 37.0 Å². The van der Waals surface area contributed by atoms with Gasteiger partial charge < -0.3 is 19.7 Å².